The maximum atomic E-state index is 3.88. The minimum atomic E-state index is 0.751. The van der Waals surface area contributed by atoms with Crippen LogP contribution < -0.4 is 5.32 Å². The van der Waals surface area contributed by atoms with Crippen molar-refractivity contribution in [2.24, 2.45) is 5.92 Å². The van der Waals surface area contributed by atoms with Crippen LogP contribution in [-0.2, 0) is 0 Å². The van der Waals surface area contributed by atoms with Gasteiger partial charge in [-0.05, 0) is 50.5 Å². The molecule has 20 heavy (non-hydrogen) atoms. The number of nitrogens with zero attached hydrogens (tertiary/aromatic N) is 1. The molecule has 3 atom stereocenters. The molecule has 2 rings (SSSR count). The number of piperazine rings is 1. The van der Waals surface area contributed by atoms with Crippen molar-refractivity contribution in [3.8, 4) is 0 Å². The minimum Gasteiger partial charge on any atom is -0.311 e. The fourth-order valence-electron chi connectivity index (χ4n) is 4.07. The van der Waals surface area contributed by atoms with Crippen LogP contribution in [0.5, 0.6) is 0 Å². The lowest BCUT2D eigenvalue weighted by Crippen LogP contribution is -2.60. The van der Waals surface area contributed by atoms with E-state index >= 15 is 0 Å². The van der Waals surface area contributed by atoms with Crippen LogP contribution in [-0.4, -0.2) is 48.1 Å². The molecule has 1 saturated heterocycles. The van der Waals surface area contributed by atoms with E-state index in [1.54, 1.807) is 0 Å². The molecule has 0 aromatic rings. The number of hydrogen-bond acceptors (Lipinski definition) is 3. The molecular weight excluding hydrogens is 264 g/mol. The minimum absolute atomic E-state index is 0.751. The van der Waals surface area contributed by atoms with Crippen LogP contribution in [0, 0.1) is 5.92 Å². The summed E-state index contributed by atoms with van der Waals surface area (Å²) >= 11 is 1.99. The summed E-state index contributed by atoms with van der Waals surface area (Å²) in [4.78, 5) is 2.83. The molecule has 0 bridgehead atoms. The lowest BCUT2D eigenvalue weighted by atomic mass is 9.82. The summed E-state index contributed by atoms with van der Waals surface area (Å²) in [7, 11) is 0. The summed E-state index contributed by atoms with van der Waals surface area (Å²) in [6.07, 6.45) is 12.2. The molecule has 2 aliphatic rings. The average Bonchev–Trinajstić information content (AvgIpc) is 2.52. The molecular formula is C17H34N2S. The lowest BCUT2D eigenvalue weighted by molar-refractivity contribution is 0.0610. The summed E-state index contributed by atoms with van der Waals surface area (Å²) in [6.45, 7) is 7.30. The number of rotatable bonds is 6. The van der Waals surface area contributed by atoms with Gasteiger partial charge in [0.2, 0.25) is 0 Å². The molecule has 1 aliphatic carbocycles. The van der Waals surface area contributed by atoms with E-state index in [4.69, 9.17) is 0 Å². The first-order chi connectivity index (χ1) is 9.76. The molecule has 1 heterocycles. The van der Waals surface area contributed by atoms with Crippen molar-refractivity contribution in [3.63, 3.8) is 0 Å². The molecule has 0 radical (unpaired) electrons. The summed E-state index contributed by atoms with van der Waals surface area (Å²) in [6, 6.07) is 2.27. The SMILES string of the molecule is CCC1CNC(C2CCCCC2)CN1C(C)CCSC. The molecule has 1 N–H and O–H groups in total. The Morgan fingerprint density at radius 3 is 2.65 bits per heavy atom. The third-order valence-corrected chi connectivity index (χ3v) is 6.13. The van der Waals surface area contributed by atoms with Crippen LogP contribution in [0.25, 0.3) is 0 Å². The highest BCUT2D eigenvalue weighted by atomic mass is 32.2. The van der Waals surface area contributed by atoms with E-state index in [9.17, 15) is 0 Å². The standard InChI is InChI=1S/C17H34N2S/c1-4-16-12-18-17(15-8-6-5-7-9-15)13-19(16)14(2)10-11-20-3/h14-18H,4-13H2,1-3H3. The molecule has 118 valence electrons. The highest BCUT2D eigenvalue weighted by Crippen LogP contribution is 2.29. The van der Waals surface area contributed by atoms with E-state index in [2.05, 4.69) is 30.3 Å². The molecule has 1 aliphatic heterocycles. The van der Waals surface area contributed by atoms with Crippen molar-refractivity contribution < 1.29 is 0 Å². The van der Waals surface area contributed by atoms with E-state index in [-0.39, 0.29) is 0 Å². The third kappa shape index (κ3) is 4.38. The van der Waals surface area contributed by atoms with Gasteiger partial charge in [0.15, 0.2) is 0 Å². The number of thioether (sulfide) groups is 1. The number of hydrogen-bond donors (Lipinski definition) is 1. The normalized spacial score (nSPS) is 31.4. The molecule has 3 unspecified atom stereocenters. The largest absolute Gasteiger partial charge is 0.311 e. The Balaban J connectivity index is 1.91. The van der Waals surface area contributed by atoms with Crippen molar-refractivity contribution in [2.75, 3.05) is 25.1 Å². The Kier molecular flexibility index (Phi) is 7.20. The predicted octanol–water partition coefficient (Wildman–Crippen LogP) is 3.76. The fraction of sp³-hybridized carbons (Fsp3) is 1.00. The first-order valence-electron chi connectivity index (χ1n) is 8.74. The van der Waals surface area contributed by atoms with Gasteiger partial charge in [0.1, 0.15) is 0 Å². The maximum absolute atomic E-state index is 3.88. The maximum Gasteiger partial charge on any atom is 0.0224 e. The van der Waals surface area contributed by atoms with E-state index in [0.717, 1.165) is 24.0 Å². The molecule has 0 aromatic carbocycles. The van der Waals surface area contributed by atoms with Gasteiger partial charge in [-0.15, -0.1) is 0 Å². The van der Waals surface area contributed by atoms with Crippen molar-refractivity contribution >= 4 is 11.8 Å². The predicted molar refractivity (Wildman–Crippen MR) is 91.6 cm³/mol. The topological polar surface area (TPSA) is 15.3 Å². The first-order valence-corrected chi connectivity index (χ1v) is 10.1. The zero-order valence-corrected chi connectivity index (χ0v) is 14.6. The second kappa shape index (κ2) is 8.65. The van der Waals surface area contributed by atoms with E-state index in [1.807, 2.05) is 11.8 Å². The highest BCUT2D eigenvalue weighted by molar-refractivity contribution is 7.98. The molecule has 0 amide bonds. The van der Waals surface area contributed by atoms with Gasteiger partial charge in [0.05, 0.1) is 0 Å². The summed E-state index contributed by atoms with van der Waals surface area (Å²) in [5, 5.41) is 3.88. The van der Waals surface area contributed by atoms with Crippen LogP contribution in [0.15, 0.2) is 0 Å². The van der Waals surface area contributed by atoms with E-state index in [1.165, 1.54) is 63.8 Å². The van der Waals surface area contributed by atoms with Gasteiger partial charge < -0.3 is 5.32 Å². The third-order valence-electron chi connectivity index (χ3n) is 5.49. The second-order valence-electron chi connectivity index (χ2n) is 6.80. The summed E-state index contributed by atoms with van der Waals surface area (Å²) in [5.41, 5.74) is 0. The molecule has 2 nitrogen and oxygen atoms in total. The van der Waals surface area contributed by atoms with E-state index < -0.39 is 0 Å². The first kappa shape index (κ1) is 16.6. The van der Waals surface area contributed by atoms with Crippen molar-refractivity contribution in [2.45, 2.75) is 76.9 Å². The smallest absolute Gasteiger partial charge is 0.0224 e. The van der Waals surface area contributed by atoms with Crippen LogP contribution in [0.4, 0.5) is 0 Å². The van der Waals surface area contributed by atoms with Crippen LogP contribution >= 0.6 is 11.8 Å². The van der Waals surface area contributed by atoms with Gasteiger partial charge in [0.25, 0.3) is 0 Å². The Labute approximate surface area is 130 Å². The Morgan fingerprint density at radius 1 is 1.25 bits per heavy atom. The molecule has 0 spiro atoms. The highest BCUT2D eigenvalue weighted by Gasteiger charge is 2.33. The molecule has 1 saturated carbocycles. The monoisotopic (exact) mass is 298 g/mol. The second-order valence-corrected chi connectivity index (χ2v) is 7.79. The van der Waals surface area contributed by atoms with Gasteiger partial charge in [-0.25, -0.2) is 0 Å². The van der Waals surface area contributed by atoms with Crippen LogP contribution in [0.1, 0.15) is 58.8 Å². The number of nitrogens with one attached hydrogen (secondary N) is 1. The van der Waals surface area contributed by atoms with Crippen molar-refractivity contribution in [1.82, 2.24) is 10.2 Å². The van der Waals surface area contributed by atoms with Crippen LogP contribution in [0.2, 0.25) is 0 Å². The fourth-order valence-corrected chi connectivity index (χ4v) is 4.65. The Bertz CT molecular complexity index is 266. The lowest BCUT2D eigenvalue weighted by Gasteiger charge is -2.46. The van der Waals surface area contributed by atoms with Gasteiger partial charge in [-0.2, -0.15) is 11.8 Å². The van der Waals surface area contributed by atoms with Crippen molar-refractivity contribution in [1.29, 1.82) is 0 Å². The zero-order chi connectivity index (χ0) is 14.4. The molecule has 3 heteroatoms. The summed E-state index contributed by atoms with van der Waals surface area (Å²) in [5.74, 6) is 2.24. The van der Waals surface area contributed by atoms with Gasteiger partial charge in [-0.1, -0.05) is 26.2 Å². The van der Waals surface area contributed by atoms with Gasteiger partial charge in [0, 0.05) is 31.2 Å². The summed E-state index contributed by atoms with van der Waals surface area (Å²) < 4.78 is 0. The molecule has 0 aromatic heterocycles. The average molecular weight is 299 g/mol. The van der Waals surface area contributed by atoms with E-state index in [0.29, 0.717) is 0 Å². The van der Waals surface area contributed by atoms with Crippen LogP contribution in [0.3, 0.4) is 0 Å². The van der Waals surface area contributed by atoms with Gasteiger partial charge in [-0.3, -0.25) is 4.90 Å². The quantitative estimate of drug-likeness (QED) is 0.804. The van der Waals surface area contributed by atoms with Gasteiger partial charge >= 0.3 is 0 Å². The zero-order valence-electron chi connectivity index (χ0n) is 13.7. The van der Waals surface area contributed by atoms with Crippen molar-refractivity contribution in [3.05, 3.63) is 0 Å². The Morgan fingerprint density at radius 2 is 2.00 bits per heavy atom. The Hall–Kier alpha value is 0.270. The molecule has 2 fully saturated rings.